The van der Waals surface area contributed by atoms with E-state index in [1.54, 1.807) is 0 Å². The van der Waals surface area contributed by atoms with Gasteiger partial charge in [-0.05, 0) is 99.0 Å². The van der Waals surface area contributed by atoms with Crippen molar-refractivity contribution < 1.29 is 18.8 Å². The largest absolute Gasteiger partial charge is 0.481 e. The zero-order valence-corrected chi connectivity index (χ0v) is 29.5. The molecule has 1 N–H and O–H groups in total. The van der Waals surface area contributed by atoms with Gasteiger partial charge >= 0.3 is 5.97 Å². The number of carbonyl (C=O) groups is 1. The molecule has 3 aliphatic rings. The summed E-state index contributed by atoms with van der Waals surface area (Å²) in [4.78, 5) is 10.9. The molecule has 0 aliphatic heterocycles. The first kappa shape index (κ1) is 33.6. The normalized spacial score (nSPS) is 28.3. The predicted molar refractivity (Wildman–Crippen MR) is 172 cm³/mol. The smallest absolute Gasteiger partial charge is 0.303 e. The van der Waals surface area contributed by atoms with Gasteiger partial charge in [0.25, 0.3) is 0 Å². The third kappa shape index (κ3) is 8.36. The molecule has 0 saturated heterocycles. The zero-order valence-electron chi connectivity index (χ0n) is 27.5. The van der Waals surface area contributed by atoms with Gasteiger partial charge in [-0.1, -0.05) is 84.3 Å². The fraction of sp³-hybridized carbons (Fsp3) is 0.853. The zero-order chi connectivity index (χ0) is 29.9. The summed E-state index contributed by atoms with van der Waals surface area (Å²) in [6, 6.07) is 0. The minimum absolute atomic E-state index is 0.0289. The highest BCUT2D eigenvalue weighted by Gasteiger charge is 2.50. The van der Waals surface area contributed by atoms with Crippen LogP contribution in [0.5, 0.6) is 0 Å². The Bertz CT molecular complexity index is 953. The molecule has 0 amide bonds. The molecule has 40 heavy (non-hydrogen) atoms. The van der Waals surface area contributed by atoms with Crippen molar-refractivity contribution in [2.45, 2.75) is 161 Å². The lowest BCUT2D eigenvalue weighted by Crippen LogP contribution is -2.51. The highest BCUT2D eigenvalue weighted by molar-refractivity contribution is 6.74. The Hall–Kier alpha value is -0.876. The molecule has 0 aromatic carbocycles. The first-order valence-electron chi connectivity index (χ1n) is 16.2. The first-order chi connectivity index (χ1) is 18.4. The molecule has 3 aliphatic carbocycles. The van der Waals surface area contributed by atoms with E-state index < -0.39 is 22.6 Å². The van der Waals surface area contributed by atoms with E-state index in [2.05, 4.69) is 85.6 Å². The Morgan fingerprint density at radius 2 is 1.60 bits per heavy atom. The van der Waals surface area contributed by atoms with Crippen molar-refractivity contribution in [2.75, 3.05) is 0 Å². The van der Waals surface area contributed by atoms with Gasteiger partial charge in [-0.3, -0.25) is 4.79 Å². The van der Waals surface area contributed by atoms with Gasteiger partial charge in [0.05, 0.1) is 6.10 Å². The molecule has 0 heterocycles. The van der Waals surface area contributed by atoms with Crippen molar-refractivity contribution in [3.8, 4) is 11.8 Å². The van der Waals surface area contributed by atoms with Crippen molar-refractivity contribution in [1.29, 1.82) is 0 Å². The summed E-state index contributed by atoms with van der Waals surface area (Å²) in [5, 5.41) is 9.35. The van der Waals surface area contributed by atoms with Gasteiger partial charge in [-0.15, -0.1) is 0 Å². The number of rotatable bonds is 9. The quantitative estimate of drug-likeness (QED) is 0.126. The number of fused-ring (bicyclic) bond motifs is 1. The lowest BCUT2D eigenvalue weighted by atomic mass is 9.57. The summed E-state index contributed by atoms with van der Waals surface area (Å²) in [7, 11) is -3.88. The maximum absolute atomic E-state index is 10.9. The molecule has 0 bridgehead atoms. The summed E-state index contributed by atoms with van der Waals surface area (Å²) in [5.74, 6) is 8.93. The van der Waals surface area contributed by atoms with Crippen LogP contribution in [-0.4, -0.2) is 39.9 Å². The number of hydrogen-bond acceptors (Lipinski definition) is 3. The Morgan fingerprint density at radius 3 is 2.17 bits per heavy atom. The molecular formula is C34H60O4Si2. The third-order valence-corrected chi connectivity index (χ3v) is 20.0. The highest BCUT2D eigenvalue weighted by Crippen LogP contribution is 2.53. The molecule has 6 heteroatoms. The molecule has 3 fully saturated rings. The molecule has 0 radical (unpaired) electrons. The van der Waals surface area contributed by atoms with Gasteiger partial charge in [0.2, 0.25) is 0 Å². The number of allylic oxidation sites excluding steroid dienone is 2. The average Bonchev–Trinajstić information content (AvgIpc) is 2.81. The van der Waals surface area contributed by atoms with Crippen molar-refractivity contribution >= 4 is 22.6 Å². The molecule has 5 atom stereocenters. The molecule has 4 nitrogen and oxygen atoms in total. The van der Waals surface area contributed by atoms with Crippen LogP contribution < -0.4 is 0 Å². The van der Waals surface area contributed by atoms with Crippen LogP contribution in [0, 0.1) is 35.5 Å². The molecular weight excluding hydrogens is 529 g/mol. The van der Waals surface area contributed by atoms with Crippen LogP contribution in [0.4, 0.5) is 0 Å². The SMILES string of the molecule is CC(C)(C)[Si](C)(C)OC(C#C[C@@H]1[C@H]2C/C(=C/CCCC(=O)O)[C@H]2CC[C@H]1O[Si](C)(C)C(C)(C)C)C1CCCCC1. The number of carboxylic acids is 1. The maximum atomic E-state index is 10.9. The van der Waals surface area contributed by atoms with Gasteiger partial charge in [0.15, 0.2) is 16.6 Å². The predicted octanol–water partition coefficient (Wildman–Crippen LogP) is 9.58. The second kappa shape index (κ2) is 13.2. The summed E-state index contributed by atoms with van der Waals surface area (Å²) >= 11 is 0. The molecule has 0 spiro atoms. The molecule has 0 aromatic heterocycles. The fourth-order valence-corrected chi connectivity index (χ4v) is 8.89. The van der Waals surface area contributed by atoms with E-state index in [-0.39, 0.29) is 34.6 Å². The lowest BCUT2D eigenvalue weighted by Gasteiger charge is -2.52. The van der Waals surface area contributed by atoms with E-state index in [1.165, 1.54) is 44.1 Å². The number of unbranched alkanes of at least 4 members (excludes halogenated alkanes) is 1. The number of carboxylic acid groups (broad SMARTS) is 1. The van der Waals surface area contributed by atoms with Crippen molar-refractivity contribution in [1.82, 2.24) is 0 Å². The van der Waals surface area contributed by atoms with E-state index in [4.69, 9.17) is 14.0 Å². The molecule has 3 rings (SSSR count). The molecule has 1 unspecified atom stereocenters. The second-order valence-electron chi connectivity index (χ2n) is 16.0. The van der Waals surface area contributed by atoms with Gasteiger partial charge in [-0.25, -0.2) is 0 Å². The Labute approximate surface area is 248 Å². The van der Waals surface area contributed by atoms with Crippen LogP contribution in [0.25, 0.3) is 0 Å². The monoisotopic (exact) mass is 588 g/mol. The second-order valence-corrected chi connectivity index (χ2v) is 25.6. The minimum atomic E-state index is -1.95. The standard InChI is InChI=1S/C34H60O4Si2/c1-33(2,3)39(7,8)37-30(25-16-12-11-13-17-25)22-21-28-29-24-26(18-14-15-19-32(35)36)27(29)20-23-31(28)38-40(9,10)34(4,5)6/h18,25,27-31H,11-17,19-20,23-24H2,1-10H3,(H,35,36)/b26-18-/t27-,28-,29+,30?,31-/m1/s1. The number of aliphatic carboxylic acids is 1. The van der Waals surface area contributed by atoms with Crippen molar-refractivity contribution in [3.63, 3.8) is 0 Å². The molecule has 3 saturated carbocycles. The van der Waals surface area contributed by atoms with E-state index in [1.807, 2.05) is 0 Å². The van der Waals surface area contributed by atoms with Crippen LogP contribution >= 0.6 is 0 Å². The van der Waals surface area contributed by atoms with E-state index in [0.29, 0.717) is 17.8 Å². The van der Waals surface area contributed by atoms with Gasteiger partial charge in [0.1, 0.15) is 6.10 Å². The van der Waals surface area contributed by atoms with E-state index >= 15 is 0 Å². The van der Waals surface area contributed by atoms with Crippen molar-refractivity contribution in [3.05, 3.63) is 11.6 Å². The minimum Gasteiger partial charge on any atom is -0.481 e. The topological polar surface area (TPSA) is 55.8 Å². The summed E-state index contributed by atoms with van der Waals surface area (Å²) in [6.45, 7) is 23.5. The van der Waals surface area contributed by atoms with Crippen LogP contribution in [0.3, 0.4) is 0 Å². The van der Waals surface area contributed by atoms with E-state index in [9.17, 15) is 4.79 Å². The van der Waals surface area contributed by atoms with Crippen molar-refractivity contribution in [2.24, 2.45) is 23.7 Å². The first-order valence-corrected chi connectivity index (χ1v) is 22.0. The summed E-state index contributed by atoms with van der Waals surface area (Å²) < 4.78 is 14.2. The van der Waals surface area contributed by atoms with Gasteiger partial charge in [-0.2, -0.15) is 0 Å². The Kier molecular flexibility index (Phi) is 11.1. The molecule has 228 valence electrons. The number of hydrogen-bond donors (Lipinski definition) is 1. The fourth-order valence-electron chi connectivity index (χ4n) is 6.27. The van der Waals surface area contributed by atoms with Crippen LogP contribution in [0.15, 0.2) is 11.6 Å². The Balaban J connectivity index is 1.88. The van der Waals surface area contributed by atoms with Crippen LogP contribution in [0.1, 0.15) is 112 Å². The Morgan fingerprint density at radius 1 is 0.975 bits per heavy atom. The lowest BCUT2D eigenvalue weighted by molar-refractivity contribution is -0.137. The average molecular weight is 589 g/mol. The van der Waals surface area contributed by atoms with Crippen LogP contribution in [0.2, 0.25) is 36.3 Å². The maximum Gasteiger partial charge on any atom is 0.303 e. The summed E-state index contributed by atoms with van der Waals surface area (Å²) in [6.07, 6.45) is 14.1. The van der Waals surface area contributed by atoms with Gasteiger partial charge < -0.3 is 14.0 Å². The van der Waals surface area contributed by atoms with E-state index in [0.717, 1.165) is 25.7 Å². The molecule has 0 aromatic rings. The van der Waals surface area contributed by atoms with Crippen LogP contribution in [-0.2, 0) is 13.6 Å². The highest BCUT2D eigenvalue weighted by atomic mass is 28.4. The third-order valence-electron chi connectivity index (χ3n) is 11.0. The van der Waals surface area contributed by atoms with Gasteiger partial charge in [0, 0.05) is 12.3 Å². The summed E-state index contributed by atoms with van der Waals surface area (Å²) in [5.41, 5.74) is 1.54.